The lowest BCUT2D eigenvalue weighted by atomic mass is 10.1. The van der Waals surface area contributed by atoms with Crippen molar-refractivity contribution < 1.29 is 19.1 Å². The molecule has 3 rings (SSSR count). The van der Waals surface area contributed by atoms with Gasteiger partial charge in [-0.1, -0.05) is 18.2 Å². The van der Waals surface area contributed by atoms with Gasteiger partial charge in [-0.05, 0) is 48.7 Å². The van der Waals surface area contributed by atoms with Gasteiger partial charge in [-0.25, -0.2) is 0 Å². The van der Waals surface area contributed by atoms with Crippen molar-refractivity contribution in [3.05, 3.63) is 53.1 Å². The van der Waals surface area contributed by atoms with Crippen LogP contribution in [0.4, 0.5) is 5.69 Å². The predicted molar refractivity (Wildman–Crippen MR) is 98.2 cm³/mol. The van der Waals surface area contributed by atoms with E-state index in [2.05, 4.69) is 5.32 Å². The Labute approximate surface area is 152 Å². The molecule has 0 spiro atoms. The number of fused-ring (bicyclic) bond motifs is 1. The third kappa shape index (κ3) is 4.14. The molecule has 0 unspecified atom stereocenters. The fourth-order valence-electron chi connectivity index (χ4n) is 2.77. The fourth-order valence-corrected chi connectivity index (χ4v) is 2.77. The first-order valence-corrected chi connectivity index (χ1v) is 8.43. The summed E-state index contributed by atoms with van der Waals surface area (Å²) in [6.07, 6.45) is 0. The van der Waals surface area contributed by atoms with Gasteiger partial charge < -0.3 is 19.7 Å². The van der Waals surface area contributed by atoms with Crippen molar-refractivity contribution in [3.8, 4) is 11.5 Å². The number of ether oxygens (including phenoxy) is 2. The lowest BCUT2D eigenvalue weighted by molar-refractivity contribution is -0.133. The summed E-state index contributed by atoms with van der Waals surface area (Å²) in [5.74, 6) is 0.954. The van der Waals surface area contributed by atoms with Gasteiger partial charge in [0.25, 0.3) is 0 Å². The Hall–Kier alpha value is -3.02. The standard InChI is InChI=1S/C20H22N2O4/c1-13-4-5-14(2)17(8-13)21-20(24)11-22(15(3)23)10-16-6-7-18-19(9-16)26-12-25-18/h4-9H,10-12H2,1-3H3,(H,21,24). The Morgan fingerprint density at radius 1 is 1.08 bits per heavy atom. The summed E-state index contributed by atoms with van der Waals surface area (Å²) >= 11 is 0. The summed E-state index contributed by atoms with van der Waals surface area (Å²) < 4.78 is 10.7. The van der Waals surface area contributed by atoms with E-state index in [4.69, 9.17) is 9.47 Å². The van der Waals surface area contributed by atoms with Crippen LogP contribution in [0.3, 0.4) is 0 Å². The third-order valence-corrected chi connectivity index (χ3v) is 4.26. The molecule has 0 aromatic heterocycles. The quantitative estimate of drug-likeness (QED) is 0.896. The molecule has 0 radical (unpaired) electrons. The topological polar surface area (TPSA) is 67.9 Å². The molecular weight excluding hydrogens is 332 g/mol. The summed E-state index contributed by atoms with van der Waals surface area (Å²) in [7, 11) is 0. The van der Waals surface area contributed by atoms with Crippen LogP contribution in [0.5, 0.6) is 11.5 Å². The number of anilines is 1. The first kappa shape index (κ1) is 17.8. The highest BCUT2D eigenvalue weighted by Crippen LogP contribution is 2.32. The van der Waals surface area contributed by atoms with E-state index in [-0.39, 0.29) is 25.2 Å². The molecule has 1 aliphatic heterocycles. The number of hydrogen-bond acceptors (Lipinski definition) is 4. The number of nitrogens with zero attached hydrogens (tertiary/aromatic N) is 1. The Morgan fingerprint density at radius 3 is 2.62 bits per heavy atom. The second-order valence-electron chi connectivity index (χ2n) is 6.43. The number of carbonyl (C=O) groups is 2. The second-order valence-corrected chi connectivity index (χ2v) is 6.43. The Balaban J connectivity index is 1.67. The monoisotopic (exact) mass is 354 g/mol. The molecule has 136 valence electrons. The highest BCUT2D eigenvalue weighted by Gasteiger charge is 2.18. The van der Waals surface area contributed by atoms with Crippen molar-refractivity contribution in [1.29, 1.82) is 0 Å². The number of amides is 2. The van der Waals surface area contributed by atoms with Crippen molar-refractivity contribution in [2.24, 2.45) is 0 Å². The van der Waals surface area contributed by atoms with Gasteiger partial charge in [0.1, 0.15) is 6.54 Å². The number of aryl methyl sites for hydroxylation is 2. The molecule has 6 heteroatoms. The molecule has 0 bridgehead atoms. The molecule has 6 nitrogen and oxygen atoms in total. The maximum absolute atomic E-state index is 12.4. The van der Waals surface area contributed by atoms with Gasteiger partial charge in [0.15, 0.2) is 11.5 Å². The molecule has 2 amide bonds. The molecule has 2 aromatic carbocycles. The molecule has 1 aliphatic rings. The number of rotatable bonds is 5. The highest BCUT2D eigenvalue weighted by atomic mass is 16.7. The molecule has 1 heterocycles. The lowest BCUT2D eigenvalue weighted by Crippen LogP contribution is -2.36. The van der Waals surface area contributed by atoms with E-state index in [0.29, 0.717) is 18.0 Å². The summed E-state index contributed by atoms with van der Waals surface area (Å²) in [6, 6.07) is 11.4. The maximum Gasteiger partial charge on any atom is 0.244 e. The van der Waals surface area contributed by atoms with Gasteiger partial charge >= 0.3 is 0 Å². The number of hydrogen-bond donors (Lipinski definition) is 1. The molecule has 0 atom stereocenters. The minimum atomic E-state index is -0.227. The lowest BCUT2D eigenvalue weighted by Gasteiger charge is -2.21. The van der Waals surface area contributed by atoms with Gasteiger partial charge in [0.2, 0.25) is 18.6 Å². The summed E-state index contributed by atoms with van der Waals surface area (Å²) in [5, 5.41) is 2.89. The molecule has 0 fully saturated rings. The first-order valence-electron chi connectivity index (χ1n) is 8.43. The van der Waals surface area contributed by atoms with Crippen LogP contribution in [0.25, 0.3) is 0 Å². The molecule has 0 saturated carbocycles. The van der Waals surface area contributed by atoms with Crippen LogP contribution in [0.1, 0.15) is 23.6 Å². The minimum Gasteiger partial charge on any atom is -0.454 e. The van der Waals surface area contributed by atoms with E-state index in [0.717, 1.165) is 22.4 Å². The normalized spacial score (nSPS) is 12.0. The molecule has 2 aromatic rings. The van der Waals surface area contributed by atoms with E-state index in [1.54, 1.807) is 0 Å². The largest absolute Gasteiger partial charge is 0.454 e. The number of nitrogens with one attached hydrogen (secondary N) is 1. The molecule has 1 N–H and O–H groups in total. The summed E-state index contributed by atoms with van der Waals surface area (Å²) in [5.41, 5.74) is 3.69. The first-order chi connectivity index (χ1) is 12.4. The zero-order valence-corrected chi connectivity index (χ0v) is 15.2. The van der Waals surface area contributed by atoms with Crippen molar-refractivity contribution >= 4 is 17.5 Å². The van der Waals surface area contributed by atoms with Crippen LogP contribution in [-0.4, -0.2) is 30.1 Å². The SMILES string of the molecule is CC(=O)N(CC(=O)Nc1cc(C)ccc1C)Cc1ccc2c(c1)OCO2. The second kappa shape index (κ2) is 7.47. The predicted octanol–water partition coefficient (Wildman–Crippen LogP) is 3.02. The van der Waals surface area contributed by atoms with E-state index in [1.165, 1.54) is 11.8 Å². The molecule has 0 saturated heterocycles. The van der Waals surface area contributed by atoms with Crippen LogP contribution in [0.2, 0.25) is 0 Å². The third-order valence-electron chi connectivity index (χ3n) is 4.26. The Bertz CT molecular complexity index is 848. The van der Waals surface area contributed by atoms with E-state index in [1.807, 2.05) is 50.2 Å². The van der Waals surface area contributed by atoms with Crippen molar-refractivity contribution in [1.82, 2.24) is 4.90 Å². The van der Waals surface area contributed by atoms with Gasteiger partial charge in [0.05, 0.1) is 0 Å². The zero-order chi connectivity index (χ0) is 18.7. The number of carbonyl (C=O) groups excluding carboxylic acids is 2. The van der Waals surface area contributed by atoms with Crippen LogP contribution in [-0.2, 0) is 16.1 Å². The van der Waals surface area contributed by atoms with Gasteiger partial charge in [-0.2, -0.15) is 0 Å². The highest BCUT2D eigenvalue weighted by molar-refractivity contribution is 5.95. The average molecular weight is 354 g/mol. The van der Waals surface area contributed by atoms with E-state index < -0.39 is 0 Å². The van der Waals surface area contributed by atoms with E-state index >= 15 is 0 Å². The van der Waals surface area contributed by atoms with Crippen molar-refractivity contribution in [2.45, 2.75) is 27.3 Å². The fraction of sp³-hybridized carbons (Fsp3) is 0.300. The zero-order valence-electron chi connectivity index (χ0n) is 15.2. The maximum atomic E-state index is 12.4. The van der Waals surface area contributed by atoms with Gasteiger partial charge in [-0.3, -0.25) is 9.59 Å². The van der Waals surface area contributed by atoms with Gasteiger partial charge in [-0.15, -0.1) is 0 Å². The van der Waals surface area contributed by atoms with Crippen molar-refractivity contribution in [2.75, 3.05) is 18.7 Å². The van der Waals surface area contributed by atoms with E-state index in [9.17, 15) is 9.59 Å². The van der Waals surface area contributed by atoms with Crippen molar-refractivity contribution in [3.63, 3.8) is 0 Å². The molecule has 0 aliphatic carbocycles. The van der Waals surface area contributed by atoms with Crippen LogP contribution < -0.4 is 14.8 Å². The van der Waals surface area contributed by atoms with Crippen LogP contribution in [0, 0.1) is 13.8 Å². The summed E-state index contributed by atoms with van der Waals surface area (Å²) in [6.45, 7) is 5.87. The van der Waals surface area contributed by atoms with Crippen LogP contribution >= 0.6 is 0 Å². The van der Waals surface area contributed by atoms with Crippen LogP contribution in [0.15, 0.2) is 36.4 Å². The molecular formula is C20H22N2O4. The summed E-state index contributed by atoms with van der Waals surface area (Å²) in [4.78, 5) is 25.9. The number of benzene rings is 2. The Kier molecular flexibility index (Phi) is 5.11. The average Bonchev–Trinajstić information content (AvgIpc) is 3.05. The minimum absolute atomic E-state index is 0.0167. The van der Waals surface area contributed by atoms with Gasteiger partial charge in [0, 0.05) is 19.2 Å². The smallest absolute Gasteiger partial charge is 0.244 e. The molecule has 26 heavy (non-hydrogen) atoms. The Morgan fingerprint density at radius 2 is 1.85 bits per heavy atom.